The van der Waals surface area contributed by atoms with Crippen LogP contribution in [0.2, 0.25) is 0 Å². The molecule has 2 atom stereocenters. The molecule has 0 heterocycles. The van der Waals surface area contributed by atoms with Crippen LogP contribution in [0.4, 0.5) is 13.2 Å². The fourth-order valence-corrected chi connectivity index (χ4v) is 1.25. The van der Waals surface area contributed by atoms with Crippen LogP contribution in [0, 0.1) is 5.92 Å². The van der Waals surface area contributed by atoms with Crippen molar-refractivity contribution in [2.24, 2.45) is 11.7 Å². The van der Waals surface area contributed by atoms with Crippen LogP contribution in [-0.4, -0.2) is 36.9 Å². The molecule has 90 valence electrons. The standard InChI is InChI=1S/C8H15F3N2O2/c1-13-4-6(12)2-5(3-7(14)15)8(9,10)11/h5-6,13H,2-4,12H2,1H3,(H,14,15)/t5-,6+/m1/s1. The Morgan fingerprint density at radius 2 is 2.07 bits per heavy atom. The zero-order valence-corrected chi connectivity index (χ0v) is 8.34. The summed E-state index contributed by atoms with van der Waals surface area (Å²) >= 11 is 0. The van der Waals surface area contributed by atoms with E-state index in [0.29, 0.717) is 0 Å². The Bertz CT molecular complexity index is 209. The highest BCUT2D eigenvalue weighted by molar-refractivity contribution is 5.67. The van der Waals surface area contributed by atoms with E-state index >= 15 is 0 Å². The molecule has 0 unspecified atom stereocenters. The Kier molecular flexibility index (Phi) is 5.59. The minimum atomic E-state index is -4.51. The predicted octanol–water partition coefficient (Wildman–Crippen LogP) is 0.576. The lowest BCUT2D eigenvalue weighted by Gasteiger charge is -2.21. The maximum Gasteiger partial charge on any atom is 0.392 e. The number of hydrogen-bond acceptors (Lipinski definition) is 3. The molecule has 0 spiro atoms. The first-order chi connectivity index (χ1) is 6.77. The summed E-state index contributed by atoms with van der Waals surface area (Å²) in [5.41, 5.74) is 5.40. The second kappa shape index (κ2) is 5.92. The van der Waals surface area contributed by atoms with Crippen molar-refractivity contribution < 1.29 is 23.1 Å². The van der Waals surface area contributed by atoms with Gasteiger partial charge in [-0.15, -0.1) is 0 Å². The van der Waals surface area contributed by atoms with E-state index in [0.717, 1.165) is 0 Å². The Hall–Kier alpha value is -0.820. The highest BCUT2D eigenvalue weighted by atomic mass is 19.4. The molecular weight excluding hydrogens is 213 g/mol. The molecule has 0 saturated heterocycles. The summed E-state index contributed by atoms with van der Waals surface area (Å²) in [6.07, 6.45) is -5.82. The van der Waals surface area contributed by atoms with Crippen LogP contribution < -0.4 is 11.1 Å². The van der Waals surface area contributed by atoms with Crippen LogP contribution in [0.5, 0.6) is 0 Å². The van der Waals surface area contributed by atoms with Crippen LogP contribution in [0.25, 0.3) is 0 Å². The van der Waals surface area contributed by atoms with Crippen molar-refractivity contribution in [2.45, 2.75) is 25.1 Å². The van der Waals surface area contributed by atoms with E-state index in [9.17, 15) is 18.0 Å². The van der Waals surface area contributed by atoms with E-state index in [4.69, 9.17) is 10.8 Å². The summed E-state index contributed by atoms with van der Waals surface area (Å²) in [5.74, 6) is -3.34. The molecule has 0 fully saturated rings. The van der Waals surface area contributed by atoms with Gasteiger partial charge in [0.05, 0.1) is 12.3 Å². The van der Waals surface area contributed by atoms with Gasteiger partial charge in [-0.1, -0.05) is 0 Å². The molecule has 0 radical (unpaired) electrons. The number of carbonyl (C=O) groups is 1. The number of carboxylic acid groups (broad SMARTS) is 1. The van der Waals surface area contributed by atoms with Gasteiger partial charge in [0.15, 0.2) is 0 Å². The zero-order chi connectivity index (χ0) is 12.1. The molecule has 0 aromatic carbocycles. The van der Waals surface area contributed by atoms with Crippen LogP contribution in [0.15, 0.2) is 0 Å². The molecule has 4 N–H and O–H groups in total. The number of hydrogen-bond donors (Lipinski definition) is 3. The van der Waals surface area contributed by atoms with Gasteiger partial charge in [-0.3, -0.25) is 4.79 Å². The van der Waals surface area contributed by atoms with Crippen molar-refractivity contribution in [1.29, 1.82) is 0 Å². The number of halogens is 3. The van der Waals surface area contributed by atoms with Crippen molar-refractivity contribution in [3.05, 3.63) is 0 Å². The Balaban J connectivity index is 4.31. The normalized spacial score (nSPS) is 16.1. The fourth-order valence-electron chi connectivity index (χ4n) is 1.25. The third-order valence-electron chi connectivity index (χ3n) is 1.94. The van der Waals surface area contributed by atoms with Crippen molar-refractivity contribution in [1.82, 2.24) is 5.32 Å². The second-order valence-electron chi connectivity index (χ2n) is 3.39. The maximum atomic E-state index is 12.3. The molecule has 0 aliphatic carbocycles. The van der Waals surface area contributed by atoms with Gasteiger partial charge < -0.3 is 16.2 Å². The number of rotatable bonds is 6. The minimum Gasteiger partial charge on any atom is -0.481 e. The summed E-state index contributed by atoms with van der Waals surface area (Å²) in [4.78, 5) is 10.2. The zero-order valence-electron chi connectivity index (χ0n) is 8.34. The molecule has 4 nitrogen and oxygen atoms in total. The molecule has 0 aromatic rings. The number of nitrogens with one attached hydrogen (secondary N) is 1. The summed E-state index contributed by atoms with van der Waals surface area (Å²) in [6.45, 7) is 0.228. The van der Waals surface area contributed by atoms with Gasteiger partial charge in [-0.05, 0) is 13.5 Å². The molecule has 0 saturated carbocycles. The largest absolute Gasteiger partial charge is 0.481 e. The fraction of sp³-hybridized carbons (Fsp3) is 0.875. The second-order valence-corrected chi connectivity index (χ2v) is 3.39. The van der Waals surface area contributed by atoms with Crippen LogP contribution in [0.3, 0.4) is 0 Å². The molecule has 0 aliphatic rings. The minimum absolute atomic E-state index is 0.228. The lowest BCUT2D eigenvalue weighted by atomic mass is 9.96. The number of nitrogens with two attached hydrogens (primary N) is 1. The quantitative estimate of drug-likeness (QED) is 0.621. The summed E-state index contributed by atoms with van der Waals surface area (Å²) in [6, 6.07) is -0.694. The van der Waals surface area contributed by atoms with Gasteiger partial charge in [-0.25, -0.2) is 0 Å². The topological polar surface area (TPSA) is 75.3 Å². The first-order valence-electron chi connectivity index (χ1n) is 4.46. The lowest BCUT2D eigenvalue weighted by Crippen LogP contribution is -2.38. The number of alkyl halides is 3. The highest BCUT2D eigenvalue weighted by Crippen LogP contribution is 2.32. The Morgan fingerprint density at radius 1 is 1.53 bits per heavy atom. The smallest absolute Gasteiger partial charge is 0.392 e. The average Bonchev–Trinajstić information content (AvgIpc) is 2.00. The van der Waals surface area contributed by atoms with Gasteiger partial charge in [-0.2, -0.15) is 13.2 Å². The van der Waals surface area contributed by atoms with Gasteiger partial charge in [0.25, 0.3) is 0 Å². The van der Waals surface area contributed by atoms with Crippen LogP contribution in [-0.2, 0) is 4.79 Å². The summed E-state index contributed by atoms with van der Waals surface area (Å²) in [7, 11) is 1.57. The SMILES string of the molecule is CNC[C@@H](N)C[C@H](CC(=O)O)C(F)(F)F. The van der Waals surface area contributed by atoms with Crippen molar-refractivity contribution in [2.75, 3.05) is 13.6 Å². The molecule has 7 heteroatoms. The van der Waals surface area contributed by atoms with E-state index in [1.807, 2.05) is 0 Å². The third-order valence-corrected chi connectivity index (χ3v) is 1.94. The molecule has 0 bridgehead atoms. The van der Waals surface area contributed by atoms with Gasteiger partial charge in [0, 0.05) is 12.6 Å². The Labute approximate surface area is 85.6 Å². The highest BCUT2D eigenvalue weighted by Gasteiger charge is 2.41. The molecule has 0 aromatic heterocycles. The first kappa shape index (κ1) is 14.2. The lowest BCUT2D eigenvalue weighted by molar-refractivity contribution is -0.185. The van der Waals surface area contributed by atoms with E-state index in [-0.39, 0.29) is 13.0 Å². The summed E-state index contributed by atoms with van der Waals surface area (Å²) in [5, 5.41) is 11.0. The van der Waals surface area contributed by atoms with Crippen molar-refractivity contribution >= 4 is 5.97 Å². The van der Waals surface area contributed by atoms with E-state index < -0.39 is 30.5 Å². The molecule has 0 rings (SSSR count). The average molecular weight is 228 g/mol. The van der Waals surface area contributed by atoms with Gasteiger partial charge >= 0.3 is 12.1 Å². The third kappa shape index (κ3) is 6.29. The van der Waals surface area contributed by atoms with Gasteiger partial charge in [0.2, 0.25) is 0 Å². The number of likely N-dealkylation sites (N-methyl/N-ethyl adjacent to an activating group) is 1. The maximum absolute atomic E-state index is 12.3. The first-order valence-corrected chi connectivity index (χ1v) is 4.46. The molecule has 15 heavy (non-hydrogen) atoms. The van der Waals surface area contributed by atoms with Gasteiger partial charge in [0.1, 0.15) is 0 Å². The predicted molar refractivity (Wildman–Crippen MR) is 48.3 cm³/mol. The number of aliphatic carboxylic acids is 1. The molecule has 0 aliphatic heterocycles. The van der Waals surface area contributed by atoms with E-state index in [1.54, 1.807) is 7.05 Å². The van der Waals surface area contributed by atoms with E-state index in [1.165, 1.54) is 0 Å². The Morgan fingerprint density at radius 3 is 2.40 bits per heavy atom. The molecular formula is C8H15F3N2O2. The van der Waals surface area contributed by atoms with E-state index in [2.05, 4.69) is 5.32 Å². The monoisotopic (exact) mass is 228 g/mol. The van der Waals surface area contributed by atoms with Crippen LogP contribution >= 0.6 is 0 Å². The molecule has 0 amide bonds. The van der Waals surface area contributed by atoms with Crippen molar-refractivity contribution in [3.63, 3.8) is 0 Å². The van der Waals surface area contributed by atoms with Crippen LogP contribution in [0.1, 0.15) is 12.8 Å². The van der Waals surface area contributed by atoms with Crippen molar-refractivity contribution in [3.8, 4) is 0 Å². The number of carboxylic acids is 1. The summed E-state index contributed by atoms with van der Waals surface area (Å²) < 4.78 is 37.0.